The quantitative estimate of drug-likeness (QED) is 0.745. The van der Waals surface area contributed by atoms with Crippen LogP contribution in [-0.4, -0.2) is 26.0 Å². The van der Waals surface area contributed by atoms with Crippen LogP contribution in [0.5, 0.6) is 0 Å². The van der Waals surface area contributed by atoms with E-state index in [4.69, 9.17) is 23.2 Å². The second-order valence-corrected chi connectivity index (χ2v) is 5.36. The Labute approximate surface area is 136 Å². The Kier molecular flexibility index (Phi) is 10.0. The number of amides is 1. The Hall–Kier alpha value is -0.480. The lowest BCUT2D eigenvalue weighted by atomic mass is 10.0. The highest BCUT2D eigenvalue weighted by Gasteiger charge is 2.14. The highest BCUT2D eigenvalue weighted by molar-refractivity contribution is 6.36. The van der Waals surface area contributed by atoms with Crippen LogP contribution < -0.4 is 10.6 Å². The van der Waals surface area contributed by atoms with Crippen LogP contribution in [0.2, 0.25) is 10.0 Å². The van der Waals surface area contributed by atoms with E-state index < -0.39 is 0 Å². The first-order chi connectivity index (χ1) is 9.06. The molecule has 20 heavy (non-hydrogen) atoms. The van der Waals surface area contributed by atoms with Gasteiger partial charge in [0, 0.05) is 28.9 Å². The molecule has 0 saturated carbocycles. The SMILES string of the molecule is CNCCCC(=O)NCC(C)c1c(Cl)cccc1Cl.Cl. The molecule has 0 aliphatic heterocycles. The smallest absolute Gasteiger partial charge is 0.220 e. The molecule has 0 heterocycles. The topological polar surface area (TPSA) is 41.1 Å². The Morgan fingerprint density at radius 1 is 1.30 bits per heavy atom. The van der Waals surface area contributed by atoms with Crippen LogP contribution in [0.4, 0.5) is 0 Å². The first-order valence-corrected chi connectivity index (χ1v) is 7.17. The maximum Gasteiger partial charge on any atom is 0.220 e. The van der Waals surface area contributed by atoms with Gasteiger partial charge in [-0.1, -0.05) is 36.2 Å². The fraction of sp³-hybridized carbons (Fsp3) is 0.500. The summed E-state index contributed by atoms with van der Waals surface area (Å²) in [5.74, 6) is 0.153. The minimum atomic E-state index is 0. The van der Waals surface area contributed by atoms with Crippen LogP contribution in [0.25, 0.3) is 0 Å². The largest absolute Gasteiger partial charge is 0.356 e. The molecule has 0 aliphatic carbocycles. The number of nitrogens with one attached hydrogen (secondary N) is 2. The molecule has 0 spiro atoms. The second-order valence-electron chi connectivity index (χ2n) is 4.55. The molecule has 1 aromatic rings. The summed E-state index contributed by atoms with van der Waals surface area (Å²) in [6.07, 6.45) is 1.37. The molecule has 1 atom stereocenters. The summed E-state index contributed by atoms with van der Waals surface area (Å²) in [4.78, 5) is 11.6. The fourth-order valence-corrected chi connectivity index (χ4v) is 2.63. The van der Waals surface area contributed by atoms with E-state index in [-0.39, 0.29) is 24.2 Å². The van der Waals surface area contributed by atoms with Crippen molar-refractivity contribution in [3.05, 3.63) is 33.8 Å². The summed E-state index contributed by atoms with van der Waals surface area (Å²) in [6, 6.07) is 5.44. The first kappa shape index (κ1) is 19.5. The zero-order valence-electron chi connectivity index (χ0n) is 11.7. The van der Waals surface area contributed by atoms with Gasteiger partial charge in [-0.25, -0.2) is 0 Å². The summed E-state index contributed by atoms with van der Waals surface area (Å²) in [6.45, 7) is 3.39. The van der Waals surface area contributed by atoms with E-state index in [0.717, 1.165) is 18.5 Å². The van der Waals surface area contributed by atoms with E-state index in [0.29, 0.717) is 23.0 Å². The summed E-state index contributed by atoms with van der Waals surface area (Å²) >= 11 is 12.3. The highest BCUT2D eigenvalue weighted by Crippen LogP contribution is 2.30. The van der Waals surface area contributed by atoms with Gasteiger partial charge >= 0.3 is 0 Å². The van der Waals surface area contributed by atoms with E-state index >= 15 is 0 Å². The van der Waals surface area contributed by atoms with Crippen LogP contribution in [-0.2, 0) is 4.79 Å². The predicted molar refractivity (Wildman–Crippen MR) is 88.3 cm³/mol. The summed E-state index contributed by atoms with van der Waals surface area (Å²) in [5, 5.41) is 7.21. The molecule has 6 heteroatoms. The molecular formula is C14H21Cl3N2O. The van der Waals surface area contributed by atoms with Gasteiger partial charge in [0.2, 0.25) is 5.91 Å². The Morgan fingerprint density at radius 3 is 2.45 bits per heavy atom. The molecule has 2 N–H and O–H groups in total. The minimum absolute atomic E-state index is 0. The zero-order valence-corrected chi connectivity index (χ0v) is 14.0. The van der Waals surface area contributed by atoms with E-state index in [2.05, 4.69) is 10.6 Å². The molecular weight excluding hydrogens is 319 g/mol. The van der Waals surface area contributed by atoms with E-state index in [1.54, 1.807) is 0 Å². The van der Waals surface area contributed by atoms with Gasteiger partial charge in [0.05, 0.1) is 0 Å². The highest BCUT2D eigenvalue weighted by atomic mass is 35.5. The number of carbonyl (C=O) groups is 1. The van der Waals surface area contributed by atoms with Gasteiger partial charge in [-0.2, -0.15) is 0 Å². The van der Waals surface area contributed by atoms with Gasteiger partial charge in [-0.3, -0.25) is 4.79 Å². The maximum atomic E-state index is 11.6. The van der Waals surface area contributed by atoms with Crippen LogP contribution in [0, 0.1) is 0 Å². The summed E-state index contributed by atoms with van der Waals surface area (Å²) in [5.41, 5.74) is 0.890. The van der Waals surface area contributed by atoms with E-state index in [1.165, 1.54) is 0 Å². The lowest BCUT2D eigenvalue weighted by Gasteiger charge is -2.16. The third-order valence-corrected chi connectivity index (χ3v) is 3.59. The molecule has 3 nitrogen and oxygen atoms in total. The van der Waals surface area contributed by atoms with Crippen molar-refractivity contribution in [2.75, 3.05) is 20.1 Å². The van der Waals surface area contributed by atoms with Crippen LogP contribution in [0.3, 0.4) is 0 Å². The normalized spacial score (nSPS) is 11.6. The second kappa shape index (κ2) is 10.3. The molecule has 0 aliphatic rings. The van der Waals surface area contributed by atoms with Gasteiger partial charge in [0.1, 0.15) is 0 Å². The number of rotatable bonds is 7. The molecule has 0 saturated heterocycles. The standard InChI is InChI=1S/C14H20Cl2N2O.ClH/c1-10(9-18-13(19)7-4-8-17-2)14-11(15)5-3-6-12(14)16;/h3,5-6,10,17H,4,7-9H2,1-2H3,(H,18,19);1H. The number of hydrogen-bond donors (Lipinski definition) is 2. The number of carbonyl (C=O) groups excluding carboxylic acids is 1. The minimum Gasteiger partial charge on any atom is -0.356 e. The van der Waals surface area contributed by atoms with Crippen LogP contribution in [0.1, 0.15) is 31.2 Å². The summed E-state index contributed by atoms with van der Waals surface area (Å²) < 4.78 is 0. The van der Waals surface area contributed by atoms with E-state index in [9.17, 15) is 4.79 Å². The van der Waals surface area contributed by atoms with Crippen molar-refractivity contribution in [3.63, 3.8) is 0 Å². The van der Waals surface area contributed by atoms with Crippen molar-refractivity contribution in [1.29, 1.82) is 0 Å². The maximum absolute atomic E-state index is 11.6. The summed E-state index contributed by atoms with van der Waals surface area (Å²) in [7, 11) is 1.87. The predicted octanol–water partition coefficient (Wildman–Crippen LogP) is 3.63. The lowest BCUT2D eigenvalue weighted by molar-refractivity contribution is -0.121. The monoisotopic (exact) mass is 338 g/mol. The van der Waals surface area contributed by atoms with Gasteiger partial charge in [-0.15, -0.1) is 12.4 Å². The number of benzene rings is 1. The third-order valence-electron chi connectivity index (χ3n) is 2.93. The Morgan fingerprint density at radius 2 is 1.90 bits per heavy atom. The lowest BCUT2D eigenvalue weighted by Crippen LogP contribution is -2.28. The average Bonchev–Trinajstić information content (AvgIpc) is 2.36. The van der Waals surface area contributed by atoms with Crippen molar-refractivity contribution in [2.45, 2.75) is 25.7 Å². The molecule has 0 bridgehead atoms. The molecule has 0 radical (unpaired) electrons. The van der Waals surface area contributed by atoms with Gasteiger partial charge in [0.25, 0.3) is 0 Å². The molecule has 1 aromatic carbocycles. The van der Waals surface area contributed by atoms with Crippen molar-refractivity contribution >= 4 is 41.5 Å². The van der Waals surface area contributed by atoms with Gasteiger partial charge < -0.3 is 10.6 Å². The van der Waals surface area contributed by atoms with Crippen LogP contribution >= 0.6 is 35.6 Å². The van der Waals surface area contributed by atoms with Crippen molar-refractivity contribution in [1.82, 2.24) is 10.6 Å². The van der Waals surface area contributed by atoms with Crippen molar-refractivity contribution in [2.24, 2.45) is 0 Å². The van der Waals surface area contributed by atoms with Crippen molar-refractivity contribution in [3.8, 4) is 0 Å². The Balaban J connectivity index is 0.00000361. The molecule has 1 unspecified atom stereocenters. The Bertz CT molecular complexity index is 407. The zero-order chi connectivity index (χ0) is 14.3. The molecule has 0 fully saturated rings. The third kappa shape index (κ3) is 6.31. The number of hydrogen-bond acceptors (Lipinski definition) is 2. The van der Waals surface area contributed by atoms with Crippen LogP contribution in [0.15, 0.2) is 18.2 Å². The molecule has 0 aromatic heterocycles. The average molecular weight is 340 g/mol. The molecule has 114 valence electrons. The molecule has 1 amide bonds. The number of halogens is 3. The van der Waals surface area contributed by atoms with Gasteiger partial charge in [0.15, 0.2) is 0 Å². The van der Waals surface area contributed by atoms with Crippen molar-refractivity contribution < 1.29 is 4.79 Å². The molecule has 1 rings (SSSR count). The fourth-order valence-electron chi connectivity index (χ4n) is 1.86. The first-order valence-electron chi connectivity index (χ1n) is 6.41. The van der Waals surface area contributed by atoms with Gasteiger partial charge in [-0.05, 0) is 37.7 Å². The van der Waals surface area contributed by atoms with E-state index in [1.807, 2.05) is 32.2 Å².